The Balaban J connectivity index is 2.01. The number of nitrogens with one attached hydrogen (secondary N) is 1. The van der Waals surface area contributed by atoms with E-state index in [1.807, 2.05) is 57.2 Å². The van der Waals surface area contributed by atoms with Gasteiger partial charge in [0.1, 0.15) is 0 Å². The van der Waals surface area contributed by atoms with Crippen LogP contribution in [0.5, 0.6) is 0 Å². The Hall–Kier alpha value is -2.99. The third-order valence-corrected chi connectivity index (χ3v) is 7.42. The molecule has 6 heteroatoms. The van der Waals surface area contributed by atoms with Crippen LogP contribution in [0.25, 0.3) is 11.1 Å². The van der Waals surface area contributed by atoms with E-state index in [4.69, 9.17) is 0 Å². The number of sulfone groups is 1. The number of nitrogens with zero attached hydrogens (tertiary/aromatic N) is 1. The van der Waals surface area contributed by atoms with Gasteiger partial charge in [0, 0.05) is 17.5 Å². The Bertz CT molecular complexity index is 1180. The summed E-state index contributed by atoms with van der Waals surface area (Å²) >= 11 is 0. The lowest BCUT2D eigenvalue weighted by molar-refractivity contribution is 0.0939. The lowest BCUT2D eigenvalue weighted by Gasteiger charge is -2.16. The van der Waals surface area contributed by atoms with Crippen LogP contribution >= 0.6 is 0 Å². The minimum Gasteiger partial charge on any atom is -0.345 e. The maximum atomic E-state index is 13.1. The van der Waals surface area contributed by atoms with Crippen LogP contribution in [0.15, 0.2) is 65.7 Å². The summed E-state index contributed by atoms with van der Waals surface area (Å²) in [4.78, 5) is 17.5. The lowest BCUT2D eigenvalue weighted by Crippen LogP contribution is -2.27. The van der Waals surface area contributed by atoms with Crippen molar-refractivity contribution in [1.82, 2.24) is 10.3 Å². The molecule has 0 unspecified atom stereocenters. The Kier molecular flexibility index (Phi) is 6.60. The average Bonchev–Trinajstić information content (AvgIpc) is 2.74. The van der Waals surface area contributed by atoms with Gasteiger partial charge in [-0.05, 0) is 75.6 Å². The fourth-order valence-corrected chi connectivity index (χ4v) is 4.30. The zero-order chi connectivity index (χ0) is 22.8. The topological polar surface area (TPSA) is 76.1 Å². The standard InChI is InChI=1S/C25H28N2O3S/c1-16(2)31(29,30)24-13-22(20-9-6-17(3)7-10-20)12-23(14-24)25(28)27-19(5)21-11-8-18(4)26-15-21/h6-16,19H,1-5H3,(H,27,28)/t19-/m1/s1. The van der Waals surface area contributed by atoms with E-state index >= 15 is 0 Å². The number of carbonyl (C=O) groups excluding carboxylic acids is 1. The normalized spacial score (nSPS) is 12.6. The van der Waals surface area contributed by atoms with Crippen LogP contribution in [0.2, 0.25) is 0 Å². The van der Waals surface area contributed by atoms with Crippen molar-refractivity contribution in [3.63, 3.8) is 0 Å². The van der Waals surface area contributed by atoms with Crippen molar-refractivity contribution in [2.24, 2.45) is 0 Å². The molecule has 2 aromatic carbocycles. The van der Waals surface area contributed by atoms with Crippen molar-refractivity contribution >= 4 is 15.7 Å². The summed E-state index contributed by atoms with van der Waals surface area (Å²) < 4.78 is 25.8. The van der Waals surface area contributed by atoms with E-state index in [1.54, 1.807) is 32.2 Å². The van der Waals surface area contributed by atoms with Gasteiger partial charge in [-0.3, -0.25) is 9.78 Å². The van der Waals surface area contributed by atoms with Gasteiger partial charge in [0.15, 0.2) is 9.84 Å². The molecule has 1 atom stereocenters. The lowest BCUT2D eigenvalue weighted by atomic mass is 10.0. The molecule has 0 bridgehead atoms. The molecule has 1 heterocycles. The van der Waals surface area contributed by atoms with Crippen LogP contribution in [0.1, 0.15) is 54.0 Å². The van der Waals surface area contributed by atoms with Crippen LogP contribution in [0.3, 0.4) is 0 Å². The summed E-state index contributed by atoms with van der Waals surface area (Å²) in [5.41, 5.74) is 4.74. The SMILES string of the molecule is Cc1ccc(-c2cc(C(=O)N[C@H](C)c3ccc(C)nc3)cc(S(=O)(=O)C(C)C)c2)cc1. The minimum atomic E-state index is -3.55. The summed E-state index contributed by atoms with van der Waals surface area (Å²) in [7, 11) is -3.55. The monoisotopic (exact) mass is 436 g/mol. The van der Waals surface area contributed by atoms with Crippen molar-refractivity contribution in [1.29, 1.82) is 0 Å². The minimum absolute atomic E-state index is 0.149. The fourth-order valence-electron chi connectivity index (χ4n) is 3.18. The van der Waals surface area contributed by atoms with Gasteiger partial charge in [-0.1, -0.05) is 35.9 Å². The number of benzene rings is 2. The highest BCUT2D eigenvalue weighted by atomic mass is 32.2. The van der Waals surface area contributed by atoms with Gasteiger partial charge in [-0.15, -0.1) is 0 Å². The van der Waals surface area contributed by atoms with E-state index in [-0.39, 0.29) is 16.8 Å². The molecule has 3 rings (SSSR count). The largest absolute Gasteiger partial charge is 0.345 e. The second kappa shape index (κ2) is 9.02. The molecule has 31 heavy (non-hydrogen) atoms. The molecular weight excluding hydrogens is 408 g/mol. The molecule has 0 fully saturated rings. The Labute approximate surface area is 184 Å². The van der Waals surface area contributed by atoms with E-state index in [9.17, 15) is 13.2 Å². The quantitative estimate of drug-likeness (QED) is 0.587. The second-order valence-corrected chi connectivity index (χ2v) is 10.6. The predicted molar refractivity (Wildman–Crippen MR) is 124 cm³/mol. The number of pyridine rings is 1. The van der Waals surface area contributed by atoms with Gasteiger partial charge in [0.25, 0.3) is 5.91 Å². The zero-order valence-electron chi connectivity index (χ0n) is 18.5. The Morgan fingerprint density at radius 3 is 2.16 bits per heavy atom. The first-order valence-electron chi connectivity index (χ1n) is 10.3. The molecular formula is C25H28N2O3S. The van der Waals surface area contributed by atoms with E-state index in [1.165, 1.54) is 6.07 Å². The molecule has 0 radical (unpaired) electrons. The first-order chi connectivity index (χ1) is 14.6. The molecule has 3 aromatic rings. The third kappa shape index (κ3) is 5.20. The van der Waals surface area contributed by atoms with Gasteiger partial charge >= 0.3 is 0 Å². The van der Waals surface area contributed by atoms with Crippen LogP contribution < -0.4 is 5.32 Å². The summed E-state index contributed by atoms with van der Waals surface area (Å²) in [6.45, 7) is 9.05. The highest BCUT2D eigenvalue weighted by Crippen LogP contribution is 2.27. The van der Waals surface area contributed by atoms with Crippen LogP contribution in [0.4, 0.5) is 0 Å². The first kappa shape index (κ1) is 22.7. The van der Waals surface area contributed by atoms with Gasteiger partial charge in [0.2, 0.25) is 0 Å². The highest BCUT2D eigenvalue weighted by Gasteiger charge is 2.23. The van der Waals surface area contributed by atoms with E-state index in [2.05, 4.69) is 10.3 Å². The Morgan fingerprint density at radius 1 is 0.903 bits per heavy atom. The smallest absolute Gasteiger partial charge is 0.251 e. The van der Waals surface area contributed by atoms with Crippen LogP contribution in [0, 0.1) is 13.8 Å². The van der Waals surface area contributed by atoms with E-state index in [0.29, 0.717) is 11.1 Å². The molecule has 0 saturated carbocycles. The number of amides is 1. The number of hydrogen-bond acceptors (Lipinski definition) is 4. The Morgan fingerprint density at radius 2 is 1.58 bits per heavy atom. The molecule has 1 N–H and O–H groups in total. The number of rotatable bonds is 6. The van der Waals surface area contributed by atoms with Crippen molar-refractivity contribution in [2.75, 3.05) is 0 Å². The first-order valence-corrected chi connectivity index (χ1v) is 11.8. The zero-order valence-corrected chi connectivity index (χ0v) is 19.3. The number of aromatic nitrogens is 1. The highest BCUT2D eigenvalue weighted by molar-refractivity contribution is 7.92. The second-order valence-electron chi connectivity index (χ2n) is 8.13. The fraction of sp³-hybridized carbons (Fsp3) is 0.280. The van der Waals surface area contributed by atoms with Crippen molar-refractivity contribution < 1.29 is 13.2 Å². The molecule has 162 valence electrons. The van der Waals surface area contributed by atoms with Crippen LogP contribution in [-0.4, -0.2) is 24.6 Å². The van der Waals surface area contributed by atoms with Gasteiger partial charge in [-0.2, -0.15) is 0 Å². The number of hydrogen-bond donors (Lipinski definition) is 1. The molecule has 0 saturated heterocycles. The maximum absolute atomic E-state index is 13.1. The van der Waals surface area contributed by atoms with Gasteiger partial charge < -0.3 is 5.32 Å². The van der Waals surface area contributed by atoms with Crippen molar-refractivity contribution in [3.8, 4) is 11.1 Å². The van der Waals surface area contributed by atoms with Crippen molar-refractivity contribution in [3.05, 3.63) is 83.2 Å². The summed E-state index contributed by atoms with van der Waals surface area (Å²) in [5, 5.41) is 2.37. The van der Waals surface area contributed by atoms with Crippen molar-refractivity contribution in [2.45, 2.75) is 50.8 Å². The van der Waals surface area contributed by atoms with Gasteiger partial charge in [0.05, 0.1) is 16.2 Å². The predicted octanol–water partition coefficient (Wildman–Crippen LogP) is 5.04. The van der Waals surface area contributed by atoms with E-state index < -0.39 is 15.1 Å². The summed E-state index contributed by atoms with van der Waals surface area (Å²) in [6, 6.07) is 16.2. The van der Waals surface area contributed by atoms with Gasteiger partial charge in [-0.25, -0.2) is 8.42 Å². The molecule has 5 nitrogen and oxygen atoms in total. The summed E-state index contributed by atoms with van der Waals surface area (Å²) in [6.07, 6.45) is 1.73. The molecule has 0 aliphatic heterocycles. The molecule has 0 aliphatic carbocycles. The molecule has 1 aromatic heterocycles. The maximum Gasteiger partial charge on any atom is 0.251 e. The van der Waals surface area contributed by atoms with Crippen LogP contribution in [-0.2, 0) is 9.84 Å². The molecule has 0 spiro atoms. The average molecular weight is 437 g/mol. The summed E-state index contributed by atoms with van der Waals surface area (Å²) in [5.74, 6) is -0.331. The number of carbonyl (C=O) groups is 1. The number of aryl methyl sites for hydroxylation is 2. The molecule has 0 aliphatic rings. The van der Waals surface area contributed by atoms with E-state index in [0.717, 1.165) is 22.4 Å². The molecule has 1 amide bonds. The third-order valence-electron chi connectivity index (χ3n) is 5.28.